The highest BCUT2D eigenvalue weighted by molar-refractivity contribution is 5.80. The van der Waals surface area contributed by atoms with E-state index in [9.17, 15) is 19.2 Å². The molecule has 0 heterocycles. The van der Waals surface area contributed by atoms with Crippen LogP contribution in [0.5, 0.6) is 0 Å². The van der Waals surface area contributed by atoms with Crippen molar-refractivity contribution in [3.8, 4) is 0 Å². The lowest BCUT2D eigenvalue weighted by Crippen LogP contribution is -2.59. The van der Waals surface area contributed by atoms with Gasteiger partial charge in [-0.2, -0.15) is 0 Å². The third kappa shape index (κ3) is 4.28. The van der Waals surface area contributed by atoms with Crippen molar-refractivity contribution in [2.45, 2.75) is 104 Å². The van der Waals surface area contributed by atoms with Crippen molar-refractivity contribution in [1.29, 1.82) is 0 Å². The molecule has 0 unspecified atom stereocenters. The van der Waals surface area contributed by atoms with Gasteiger partial charge in [-0.3, -0.25) is 19.2 Å². The zero-order chi connectivity index (χ0) is 24.8. The van der Waals surface area contributed by atoms with Crippen molar-refractivity contribution in [3.05, 3.63) is 0 Å². The molecule has 4 aliphatic rings. The predicted molar refractivity (Wildman–Crippen MR) is 124 cm³/mol. The van der Waals surface area contributed by atoms with Crippen molar-refractivity contribution in [3.63, 3.8) is 0 Å². The second kappa shape index (κ2) is 9.27. The average molecular weight is 477 g/mol. The largest absolute Gasteiger partial charge is 0.481 e. The summed E-state index contributed by atoms with van der Waals surface area (Å²) in [6.07, 6.45) is 6.69. The van der Waals surface area contributed by atoms with Gasteiger partial charge in [0.05, 0.1) is 12.8 Å². The molecule has 34 heavy (non-hydrogen) atoms. The second-order valence-corrected chi connectivity index (χ2v) is 11.9. The zero-order valence-electron chi connectivity index (χ0n) is 21.0. The minimum atomic E-state index is -1.01. The van der Waals surface area contributed by atoms with Gasteiger partial charge in [0.25, 0.3) is 0 Å². The number of ether oxygens (including phenoxy) is 2. The molecule has 0 radical (unpaired) electrons. The summed E-state index contributed by atoms with van der Waals surface area (Å²) in [4.78, 5) is 47.9. The van der Waals surface area contributed by atoms with Crippen LogP contribution in [-0.4, -0.2) is 41.0 Å². The van der Waals surface area contributed by atoms with Crippen molar-refractivity contribution < 1.29 is 33.8 Å². The summed E-state index contributed by atoms with van der Waals surface area (Å²) in [7, 11) is 0. The summed E-state index contributed by atoms with van der Waals surface area (Å²) < 4.78 is 11.6. The fourth-order valence-electron chi connectivity index (χ4n) is 8.76. The van der Waals surface area contributed by atoms with Gasteiger partial charge >= 0.3 is 17.9 Å². The average Bonchev–Trinajstić information content (AvgIpc) is 3.11. The molecule has 7 heteroatoms. The van der Waals surface area contributed by atoms with Crippen molar-refractivity contribution in [2.24, 2.45) is 40.4 Å². The Morgan fingerprint density at radius 2 is 1.62 bits per heavy atom. The first-order chi connectivity index (χ1) is 16.0. The summed E-state index contributed by atoms with van der Waals surface area (Å²) in [5, 5.41) is 8.99. The van der Waals surface area contributed by atoms with E-state index in [-0.39, 0.29) is 48.1 Å². The highest BCUT2D eigenvalue weighted by atomic mass is 16.5. The number of rotatable bonds is 6. The van der Waals surface area contributed by atoms with E-state index in [0.717, 1.165) is 51.4 Å². The van der Waals surface area contributed by atoms with Crippen LogP contribution < -0.4 is 0 Å². The topological polar surface area (TPSA) is 107 Å². The molecule has 4 saturated carbocycles. The molecule has 0 bridgehead atoms. The molecule has 190 valence electrons. The number of fused-ring (bicyclic) bond motifs is 5. The molecule has 4 fully saturated rings. The van der Waals surface area contributed by atoms with Crippen LogP contribution in [0.3, 0.4) is 0 Å². The maximum Gasteiger partial charge on any atom is 0.306 e. The van der Waals surface area contributed by atoms with Crippen LogP contribution in [0.1, 0.15) is 91.9 Å². The predicted octanol–water partition coefficient (Wildman–Crippen LogP) is 4.55. The van der Waals surface area contributed by atoms with Crippen LogP contribution >= 0.6 is 0 Å². The Bertz CT molecular complexity index is 852. The van der Waals surface area contributed by atoms with Gasteiger partial charge in [0.2, 0.25) is 0 Å². The summed E-state index contributed by atoms with van der Waals surface area (Å²) >= 11 is 0. The van der Waals surface area contributed by atoms with Crippen molar-refractivity contribution in [1.82, 2.24) is 0 Å². The highest BCUT2D eigenvalue weighted by Crippen LogP contribution is 2.68. The Hall–Kier alpha value is -1.92. The Balaban J connectivity index is 1.61. The SMILES string of the molecule is CC(=O)O[C@@H]1CC[C@@]2(C)[C@H](CC[C@@H]3[C@@H]2C[C@H](OC(=O)CCC(=O)O)[C@]2(C)[C@@H](C(C)=O)CC[C@@H]32)C1. The van der Waals surface area contributed by atoms with Crippen molar-refractivity contribution >= 4 is 23.7 Å². The molecule has 0 aromatic heterocycles. The lowest BCUT2D eigenvalue weighted by Gasteiger charge is -2.62. The minimum absolute atomic E-state index is 0.0146. The van der Waals surface area contributed by atoms with Crippen LogP contribution in [0.4, 0.5) is 0 Å². The summed E-state index contributed by atoms with van der Waals surface area (Å²) in [5.41, 5.74) is -0.315. The summed E-state index contributed by atoms with van der Waals surface area (Å²) in [6, 6.07) is 0. The number of ketones is 1. The Kier molecular flexibility index (Phi) is 6.87. The molecule has 0 amide bonds. The van der Waals surface area contributed by atoms with E-state index in [1.54, 1.807) is 6.92 Å². The molecule has 0 aromatic rings. The number of carbonyl (C=O) groups is 4. The number of esters is 2. The number of hydrogen-bond donors (Lipinski definition) is 1. The number of aliphatic carboxylic acids is 1. The maximum absolute atomic E-state index is 12.7. The molecule has 0 spiro atoms. The van der Waals surface area contributed by atoms with Gasteiger partial charge in [-0.25, -0.2) is 0 Å². The first kappa shape index (κ1) is 25.2. The third-order valence-electron chi connectivity index (χ3n) is 10.3. The normalized spacial score (nSPS) is 43.1. The van der Waals surface area contributed by atoms with Crippen LogP contribution in [-0.2, 0) is 28.7 Å². The number of carboxylic acid groups (broad SMARTS) is 1. The molecule has 4 rings (SSSR count). The van der Waals surface area contributed by atoms with Gasteiger partial charge in [0.15, 0.2) is 0 Å². The molecule has 1 N–H and O–H groups in total. The van der Waals surface area contributed by atoms with Gasteiger partial charge in [0.1, 0.15) is 18.0 Å². The van der Waals surface area contributed by atoms with E-state index in [1.165, 1.54) is 6.92 Å². The third-order valence-corrected chi connectivity index (χ3v) is 10.3. The molecule has 0 saturated heterocycles. The standard InChI is InChI=1S/C27H40O7/c1-15(28)20-7-8-21-19-6-5-17-13-18(33-16(2)29)11-12-26(17,3)22(19)14-23(27(20,21)4)34-25(32)10-9-24(30)31/h17-23H,5-14H2,1-4H3,(H,30,31)/t17-,18-,19+,20-,21+,22+,23+,26+,27-/m1/s1. The number of hydrogen-bond acceptors (Lipinski definition) is 6. The first-order valence-electron chi connectivity index (χ1n) is 13.1. The molecule has 0 aromatic carbocycles. The highest BCUT2D eigenvalue weighted by Gasteiger charge is 2.65. The van der Waals surface area contributed by atoms with Gasteiger partial charge in [-0.15, -0.1) is 0 Å². The van der Waals surface area contributed by atoms with E-state index in [2.05, 4.69) is 13.8 Å². The fourth-order valence-corrected chi connectivity index (χ4v) is 8.76. The quantitative estimate of drug-likeness (QED) is 0.560. The monoisotopic (exact) mass is 476 g/mol. The lowest BCUT2D eigenvalue weighted by molar-refractivity contribution is -0.197. The van der Waals surface area contributed by atoms with Gasteiger partial charge < -0.3 is 14.6 Å². The Labute approximate surface area is 202 Å². The van der Waals surface area contributed by atoms with Gasteiger partial charge in [-0.05, 0) is 87.4 Å². The smallest absolute Gasteiger partial charge is 0.306 e. The van der Waals surface area contributed by atoms with Crippen molar-refractivity contribution in [2.75, 3.05) is 0 Å². The van der Waals surface area contributed by atoms with E-state index in [4.69, 9.17) is 14.6 Å². The zero-order valence-corrected chi connectivity index (χ0v) is 21.0. The summed E-state index contributed by atoms with van der Waals surface area (Å²) in [6.45, 7) is 7.65. The molecular weight excluding hydrogens is 436 g/mol. The van der Waals surface area contributed by atoms with Crippen LogP contribution in [0, 0.1) is 40.4 Å². The van der Waals surface area contributed by atoms with E-state index >= 15 is 0 Å². The molecule has 7 nitrogen and oxygen atoms in total. The molecule has 9 atom stereocenters. The number of carboxylic acids is 1. The second-order valence-electron chi connectivity index (χ2n) is 11.9. The Morgan fingerprint density at radius 1 is 0.882 bits per heavy atom. The fraction of sp³-hybridized carbons (Fsp3) is 0.852. The van der Waals surface area contributed by atoms with Crippen LogP contribution in [0.2, 0.25) is 0 Å². The van der Waals surface area contributed by atoms with Crippen LogP contribution in [0.25, 0.3) is 0 Å². The lowest BCUT2D eigenvalue weighted by atomic mass is 9.44. The summed E-state index contributed by atoms with van der Waals surface area (Å²) in [5.74, 6) is -0.00929. The van der Waals surface area contributed by atoms with Gasteiger partial charge in [-0.1, -0.05) is 13.8 Å². The van der Waals surface area contributed by atoms with Gasteiger partial charge in [0, 0.05) is 18.3 Å². The van der Waals surface area contributed by atoms with E-state index in [0.29, 0.717) is 23.7 Å². The van der Waals surface area contributed by atoms with E-state index in [1.807, 2.05) is 0 Å². The first-order valence-corrected chi connectivity index (χ1v) is 13.1. The molecule has 0 aliphatic heterocycles. The minimum Gasteiger partial charge on any atom is -0.481 e. The Morgan fingerprint density at radius 3 is 2.26 bits per heavy atom. The number of Topliss-reactive ketones (excluding diaryl/α,β-unsaturated/α-hetero) is 1. The van der Waals surface area contributed by atoms with E-state index < -0.39 is 17.4 Å². The maximum atomic E-state index is 12.7. The molecule has 4 aliphatic carbocycles. The number of carbonyl (C=O) groups excluding carboxylic acids is 3. The molecular formula is C27H40O7. The van der Waals surface area contributed by atoms with Crippen LogP contribution in [0.15, 0.2) is 0 Å².